The molecule has 0 bridgehead atoms. The highest BCUT2D eigenvalue weighted by Gasteiger charge is 2.35. The van der Waals surface area contributed by atoms with Crippen LogP contribution in [0.1, 0.15) is 40.1 Å². The number of ether oxygens (including phenoxy) is 2. The number of rotatable bonds is 4. The lowest BCUT2D eigenvalue weighted by molar-refractivity contribution is 0.0771. The zero-order chi connectivity index (χ0) is 14.7. The highest BCUT2D eigenvalue weighted by Crippen LogP contribution is 2.28. The first-order chi connectivity index (χ1) is 9.63. The van der Waals surface area contributed by atoms with Crippen LogP contribution in [0.3, 0.4) is 0 Å². The summed E-state index contributed by atoms with van der Waals surface area (Å²) in [5, 5.41) is 8.88. The van der Waals surface area contributed by atoms with Crippen molar-refractivity contribution in [2.75, 3.05) is 13.2 Å². The van der Waals surface area contributed by atoms with Gasteiger partial charge in [0.05, 0.1) is 24.8 Å². The van der Waals surface area contributed by atoms with Crippen LogP contribution in [-0.2, 0) is 9.47 Å². The first kappa shape index (κ1) is 13.8. The van der Waals surface area contributed by atoms with Crippen LogP contribution < -0.4 is 0 Å². The Morgan fingerprint density at radius 1 is 1.00 bits per heavy atom. The zero-order valence-electron chi connectivity index (χ0n) is 11.2. The standard InChI is InChI=1S/C15H13NO4/c1-3-19-14-12(17)10-6-5-9(8-16)7-11(10)13(18)15(14)20-4-2/h5-7H,3-4H2,1-2H3. The third-order valence-corrected chi connectivity index (χ3v) is 2.83. The average molecular weight is 271 g/mol. The van der Waals surface area contributed by atoms with E-state index in [0.29, 0.717) is 5.56 Å². The molecule has 5 heteroatoms. The van der Waals surface area contributed by atoms with Gasteiger partial charge in [-0.15, -0.1) is 0 Å². The molecule has 2 rings (SSSR count). The molecule has 20 heavy (non-hydrogen) atoms. The van der Waals surface area contributed by atoms with Gasteiger partial charge >= 0.3 is 0 Å². The van der Waals surface area contributed by atoms with E-state index in [9.17, 15) is 9.59 Å². The van der Waals surface area contributed by atoms with Crippen molar-refractivity contribution in [2.24, 2.45) is 0 Å². The molecule has 0 radical (unpaired) electrons. The number of hydrogen-bond acceptors (Lipinski definition) is 5. The molecule has 0 fully saturated rings. The lowest BCUT2D eigenvalue weighted by Gasteiger charge is -2.20. The molecule has 0 atom stereocenters. The predicted octanol–water partition coefficient (Wildman–Crippen LogP) is 2.22. The van der Waals surface area contributed by atoms with Gasteiger partial charge in [0.25, 0.3) is 0 Å². The molecule has 1 aromatic carbocycles. The summed E-state index contributed by atoms with van der Waals surface area (Å²) >= 11 is 0. The monoisotopic (exact) mass is 271 g/mol. The smallest absolute Gasteiger partial charge is 0.232 e. The van der Waals surface area contributed by atoms with Crippen molar-refractivity contribution in [3.05, 3.63) is 46.4 Å². The Hall–Kier alpha value is -2.61. The molecule has 0 aliphatic heterocycles. The second-order valence-corrected chi connectivity index (χ2v) is 4.05. The summed E-state index contributed by atoms with van der Waals surface area (Å²) in [6, 6.07) is 6.31. The molecular formula is C15H13NO4. The van der Waals surface area contributed by atoms with Crippen molar-refractivity contribution in [3.8, 4) is 6.07 Å². The molecule has 0 saturated heterocycles. The van der Waals surface area contributed by atoms with E-state index in [0.717, 1.165) is 0 Å². The molecule has 1 aliphatic rings. The molecule has 102 valence electrons. The van der Waals surface area contributed by atoms with Crippen LogP contribution in [0.2, 0.25) is 0 Å². The summed E-state index contributed by atoms with van der Waals surface area (Å²) in [7, 11) is 0. The predicted molar refractivity (Wildman–Crippen MR) is 70.1 cm³/mol. The number of allylic oxidation sites excluding steroid dienone is 2. The lowest BCUT2D eigenvalue weighted by atomic mass is 9.91. The van der Waals surface area contributed by atoms with E-state index < -0.39 is 11.6 Å². The first-order valence-electron chi connectivity index (χ1n) is 6.27. The molecule has 0 amide bonds. The van der Waals surface area contributed by atoms with Gasteiger partial charge in [0.2, 0.25) is 23.1 Å². The van der Waals surface area contributed by atoms with Gasteiger partial charge in [-0.05, 0) is 32.0 Å². The maximum absolute atomic E-state index is 12.4. The van der Waals surface area contributed by atoms with E-state index in [2.05, 4.69) is 0 Å². The topological polar surface area (TPSA) is 76.4 Å². The Labute approximate surface area is 116 Å². The second kappa shape index (κ2) is 5.57. The Balaban J connectivity index is 2.60. The first-order valence-corrected chi connectivity index (χ1v) is 6.27. The van der Waals surface area contributed by atoms with E-state index in [-0.39, 0.29) is 35.9 Å². The molecule has 1 aromatic rings. The van der Waals surface area contributed by atoms with Gasteiger partial charge < -0.3 is 9.47 Å². The number of benzene rings is 1. The van der Waals surface area contributed by atoms with Crippen LogP contribution in [0.5, 0.6) is 0 Å². The fourth-order valence-corrected chi connectivity index (χ4v) is 2.00. The SMILES string of the molecule is CCOC1=C(OCC)C(=O)c2cc(C#N)ccc2C1=O. The number of nitriles is 1. The molecule has 0 saturated carbocycles. The van der Waals surface area contributed by atoms with E-state index in [1.807, 2.05) is 6.07 Å². The fourth-order valence-electron chi connectivity index (χ4n) is 2.00. The molecule has 0 aromatic heterocycles. The molecule has 5 nitrogen and oxygen atoms in total. The van der Waals surface area contributed by atoms with Crippen molar-refractivity contribution >= 4 is 11.6 Å². The van der Waals surface area contributed by atoms with Crippen LogP contribution in [0.4, 0.5) is 0 Å². The molecule has 1 aliphatic carbocycles. The summed E-state index contributed by atoms with van der Waals surface area (Å²) in [5.74, 6) is -0.963. The Bertz CT molecular complexity index is 652. The molecular weight excluding hydrogens is 258 g/mol. The van der Waals surface area contributed by atoms with Crippen molar-refractivity contribution in [1.82, 2.24) is 0 Å². The van der Waals surface area contributed by atoms with Gasteiger partial charge in [-0.1, -0.05) is 0 Å². The van der Waals surface area contributed by atoms with Crippen molar-refractivity contribution in [2.45, 2.75) is 13.8 Å². The van der Waals surface area contributed by atoms with Crippen molar-refractivity contribution in [1.29, 1.82) is 5.26 Å². The van der Waals surface area contributed by atoms with Gasteiger partial charge in [-0.2, -0.15) is 5.26 Å². The third-order valence-electron chi connectivity index (χ3n) is 2.83. The van der Waals surface area contributed by atoms with Crippen LogP contribution in [0, 0.1) is 11.3 Å². The van der Waals surface area contributed by atoms with E-state index in [1.54, 1.807) is 13.8 Å². The highest BCUT2D eigenvalue weighted by molar-refractivity contribution is 6.25. The summed E-state index contributed by atoms with van der Waals surface area (Å²) < 4.78 is 10.5. The van der Waals surface area contributed by atoms with Crippen molar-refractivity contribution in [3.63, 3.8) is 0 Å². The van der Waals surface area contributed by atoms with E-state index in [4.69, 9.17) is 14.7 Å². The minimum Gasteiger partial charge on any atom is -0.486 e. The maximum atomic E-state index is 12.4. The number of fused-ring (bicyclic) bond motifs is 1. The van der Waals surface area contributed by atoms with Gasteiger partial charge in [0.15, 0.2) is 0 Å². The molecule has 0 spiro atoms. The zero-order valence-corrected chi connectivity index (χ0v) is 11.2. The molecule has 0 N–H and O–H groups in total. The Morgan fingerprint density at radius 2 is 1.55 bits per heavy atom. The summed E-state index contributed by atoms with van der Waals surface area (Å²) in [6.45, 7) is 3.95. The molecule has 0 heterocycles. The number of carbonyl (C=O) groups excluding carboxylic acids is 2. The van der Waals surface area contributed by atoms with E-state index >= 15 is 0 Å². The quantitative estimate of drug-likeness (QED) is 0.839. The Morgan fingerprint density at radius 3 is 2.05 bits per heavy atom. The normalized spacial score (nSPS) is 13.8. The minimum atomic E-state index is -0.429. The van der Waals surface area contributed by atoms with Crippen LogP contribution in [0.15, 0.2) is 29.7 Å². The minimum absolute atomic E-state index is 0.0587. The summed E-state index contributed by atoms with van der Waals surface area (Å²) in [4.78, 5) is 24.7. The largest absolute Gasteiger partial charge is 0.486 e. The van der Waals surface area contributed by atoms with E-state index in [1.165, 1.54) is 18.2 Å². The van der Waals surface area contributed by atoms with Crippen LogP contribution in [-0.4, -0.2) is 24.8 Å². The van der Waals surface area contributed by atoms with Crippen molar-refractivity contribution < 1.29 is 19.1 Å². The average Bonchev–Trinajstić information content (AvgIpc) is 2.47. The number of Topliss-reactive ketones (excluding diaryl/α,β-unsaturated/α-hetero) is 2. The van der Waals surface area contributed by atoms with Gasteiger partial charge in [-0.25, -0.2) is 0 Å². The summed E-state index contributed by atoms with van der Waals surface area (Å²) in [6.07, 6.45) is 0. The second-order valence-electron chi connectivity index (χ2n) is 4.05. The number of carbonyl (C=O) groups is 2. The third kappa shape index (κ3) is 2.16. The van der Waals surface area contributed by atoms with Gasteiger partial charge in [0, 0.05) is 11.1 Å². The number of ketones is 2. The number of hydrogen-bond donors (Lipinski definition) is 0. The number of nitrogens with zero attached hydrogens (tertiary/aromatic N) is 1. The van der Waals surface area contributed by atoms with Crippen LogP contribution in [0.25, 0.3) is 0 Å². The fraction of sp³-hybridized carbons (Fsp3) is 0.267. The lowest BCUT2D eigenvalue weighted by Crippen LogP contribution is -2.25. The van der Waals surface area contributed by atoms with Gasteiger partial charge in [-0.3, -0.25) is 9.59 Å². The Kier molecular flexibility index (Phi) is 3.85. The maximum Gasteiger partial charge on any atom is 0.232 e. The molecule has 0 unspecified atom stereocenters. The van der Waals surface area contributed by atoms with Crippen LogP contribution >= 0.6 is 0 Å². The van der Waals surface area contributed by atoms with Gasteiger partial charge in [0.1, 0.15) is 0 Å². The summed E-state index contributed by atoms with van der Waals surface area (Å²) in [5.41, 5.74) is 0.738. The highest BCUT2D eigenvalue weighted by atomic mass is 16.5.